The average molecular weight is 329 g/mol. The summed E-state index contributed by atoms with van der Waals surface area (Å²) in [6.45, 7) is 1.46. The van der Waals surface area contributed by atoms with Crippen LogP contribution in [0.1, 0.15) is 12.5 Å². The van der Waals surface area contributed by atoms with Crippen LogP contribution < -0.4 is 14.2 Å². The molecule has 0 bridgehead atoms. The van der Waals surface area contributed by atoms with Crippen molar-refractivity contribution >= 4 is 17.9 Å². The Morgan fingerprint density at radius 1 is 1.12 bits per heavy atom. The van der Waals surface area contributed by atoms with Crippen LogP contribution >= 0.6 is 0 Å². The predicted molar refractivity (Wildman–Crippen MR) is 91.0 cm³/mol. The Hall–Kier alpha value is -3.02. The Morgan fingerprint density at radius 2 is 1.83 bits per heavy atom. The molecule has 0 unspecified atom stereocenters. The highest BCUT2D eigenvalue weighted by Gasteiger charge is 2.17. The number of hydrogen-bond donors (Lipinski definition) is 1. The number of rotatable bonds is 7. The molecule has 6 heteroatoms. The highest BCUT2D eigenvalue weighted by atomic mass is 16.5. The number of aliphatic imine (C=N–C) groups is 1. The molecule has 0 heterocycles. The fraction of sp³-hybridized carbons (Fsp3) is 0.222. The third-order valence-corrected chi connectivity index (χ3v) is 3.30. The van der Waals surface area contributed by atoms with Gasteiger partial charge in [0.25, 0.3) is 0 Å². The normalized spacial score (nSPS) is 12.0. The second-order valence-corrected chi connectivity index (χ2v) is 4.93. The van der Waals surface area contributed by atoms with Crippen LogP contribution in [-0.4, -0.2) is 37.6 Å². The number of benzene rings is 2. The first-order chi connectivity index (χ1) is 11.5. The smallest absolute Gasteiger partial charge is 0.344 e. The molecule has 2 aromatic carbocycles. The maximum atomic E-state index is 11.0. The summed E-state index contributed by atoms with van der Waals surface area (Å²) in [6, 6.07) is 12.5. The number of aliphatic carboxylic acids is 1. The van der Waals surface area contributed by atoms with Gasteiger partial charge in [0, 0.05) is 11.8 Å². The Morgan fingerprint density at radius 3 is 2.42 bits per heavy atom. The molecule has 2 rings (SSSR count). The van der Waals surface area contributed by atoms with Crippen LogP contribution in [0.4, 0.5) is 5.69 Å². The minimum absolute atomic E-state index is 0.340. The summed E-state index contributed by atoms with van der Waals surface area (Å²) in [6.07, 6.45) is 0.600. The van der Waals surface area contributed by atoms with Gasteiger partial charge < -0.3 is 19.3 Å². The van der Waals surface area contributed by atoms with Gasteiger partial charge >= 0.3 is 5.97 Å². The number of para-hydroxylation sites is 1. The molecule has 1 atom stereocenters. The van der Waals surface area contributed by atoms with E-state index >= 15 is 0 Å². The largest absolute Gasteiger partial charge is 0.497 e. The molecule has 0 amide bonds. The number of methoxy groups -OCH3 is 2. The predicted octanol–water partition coefficient (Wildman–Crippen LogP) is 3.31. The zero-order valence-corrected chi connectivity index (χ0v) is 13.7. The minimum atomic E-state index is -1.06. The van der Waals surface area contributed by atoms with Crippen LogP contribution in [0.5, 0.6) is 17.2 Å². The summed E-state index contributed by atoms with van der Waals surface area (Å²) < 4.78 is 15.9. The monoisotopic (exact) mass is 329 g/mol. The van der Waals surface area contributed by atoms with Gasteiger partial charge in [0.15, 0.2) is 17.6 Å². The lowest BCUT2D eigenvalue weighted by Crippen LogP contribution is -2.23. The Bertz CT molecular complexity index is 725. The van der Waals surface area contributed by atoms with Gasteiger partial charge in [-0.15, -0.1) is 0 Å². The van der Waals surface area contributed by atoms with E-state index in [0.717, 1.165) is 11.4 Å². The zero-order chi connectivity index (χ0) is 17.5. The quantitative estimate of drug-likeness (QED) is 0.789. The van der Waals surface area contributed by atoms with Crippen molar-refractivity contribution in [2.45, 2.75) is 13.0 Å². The van der Waals surface area contributed by atoms with Crippen molar-refractivity contribution in [3.63, 3.8) is 0 Å². The van der Waals surface area contributed by atoms with Gasteiger partial charge in [-0.25, -0.2) is 4.79 Å². The van der Waals surface area contributed by atoms with Gasteiger partial charge in [-0.3, -0.25) is 4.99 Å². The van der Waals surface area contributed by atoms with Crippen LogP contribution in [0.15, 0.2) is 47.5 Å². The molecule has 0 radical (unpaired) electrons. The number of carboxylic acids is 1. The second-order valence-electron chi connectivity index (χ2n) is 4.93. The van der Waals surface area contributed by atoms with Gasteiger partial charge in [-0.2, -0.15) is 0 Å². The minimum Gasteiger partial charge on any atom is -0.497 e. The van der Waals surface area contributed by atoms with Crippen molar-refractivity contribution in [2.75, 3.05) is 14.2 Å². The third-order valence-electron chi connectivity index (χ3n) is 3.30. The molecule has 0 spiro atoms. The highest BCUT2D eigenvalue weighted by molar-refractivity contribution is 5.87. The van der Waals surface area contributed by atoms with Gasteiger partial charge in [-0.05, 0) is 43.3 Å². The molecule has 0 saturated carbocycles. The summed E-state index contributed by atoms with van der Waals surface area (Å²) in [4.78, 5) is 15.4. The average Bonchev–Trinajstić information content (AvgIpc) is 2.60. The lowest BCUT2D eigenvalue weighted by Gasteiger charge is -2.15. The van der Waals surface area contributed by atoms with Crippen molar-refractivity contribution in [2.24, 2.45) is 4.99 Å². The van der Waals surface area contributed by atoms with Crippen molar-refractivity contribution in [1.29, 1.82) is 0 Å². The molecule has 0 saturated heterocycles. The van der Waals surface area contributed by atoms with Crippen LogP contribution in [-0.2, 0) is 4.79 Å². The van der Waals surface area contributed by atoms with Gasteiger partial charge in [-0.1, -0.05) is 6.07 Å². The van der Waals surface area contributed by atoms with E-state index in [4.69, 9.17) is 19.3 Å². The van der Waals surface area contributed by atoms with Crippen LogP contribution in [0.2, 0.25) is 0 Å². The van der Waals surface area contributed by atoms with Crippen molar-refractivity contribution < 1.29 is 24.1 Å². The standard InChI is InChI=1S/C18H19NO5/c1-12(18(20)21)24-17-13(5-4-6-16(17)23-3)11-19-14-7-9-15(22-2)10-8-14/h4-12H,1-3H3,(H,20,21)/t12-/m0/s1. The molecule has 0 aromatic heterocycles. The fourth-order valence-electron chi connectivity index (χ4n) is 1.96. The second kappa shape index (κ2) is 8.01. The number of hydrogen-bond acceptors (Lipinski definition) is 5. The zero-order valence-electron chi connectivity index (χ0n) is 13.7. The van der Waals surface area contributed by atoms with E-state index < -0.39 is 12.1 Å². The summed E-state index contributed by atoms with van der Waals surface area (Å²) in [7, 11) is 3.10. The van der Waals surface area contributed by atoms with E-state index in [1.807, 2.05) is 24.3 Å². The highest BCUT2D eigenvalue weighted by Crippen LogP contribution is 2.31. The van der Waals surface area contributed by atoms with Gasteiger partial charge in [0.05, 0.1) is 19.9 Å². The molecule has 126 valence electrons. The molecule has 0 aliphatic heterocycles. The summed E-state index contributed by atoms with van der Waals surface area (Å²) >= 11 is 0. The number of ether oxygens (including phenoxy) is 3. The van der Waals surface area contributed by atoms with Crippen LogP contribution in [0.25, 0.3) is 0 Å². The number of carbonyl (C=O) groups is 1. The van der Waals surface area contributed by atoms with Gasteiger partial charge in [0.2, 0.25) is 0 Å². The van der Waals surface area contributed by atoms with Crippen molar-refractivity contribution in [3.8, 4) is 17.2 Å². The molecule has 1 N–H and O–H groups in total. The van der Waals surface area contributed by atoms with Gasteiger partial charge in [0.1, 0.15) is 5.75 Å². The number of carboxylic acid groups (broad SMARTS) is 1. The molecule has 2 aromatic rings. The molecular weight excluding hydrogens is 310 g/mol. The Kier molecular flexibility index (Phi) is 5.78. The van der Waals surface area contributed by atoms with Crippen molar-refractivity contribution in [3.05, 3.63) is 48.0 Å². The van der Waals surface area contributed by atoms with Crippen LogP contribution in [0.3, 0.4) is 0 Å². The summed E-state index contributed by atoms with van der Waals surface area (Å²) in [5.74, 6) is 0.475. The first kappa shape index (κ1) is 17.3. The van der Waals surface area contributed by atoms with E-state index in [2.05, 4.69) is 4.99 Å². The van der Waals surface area contributed by atoms with E-state index in [-0.39, 0.29) is 0 Å². The third kappa shape index (κ3) is 4.25. The molecule has 0 aliphatic carbocycles. The van der Waals surface area contributed by atoms with E-state index in [1.54, 1.807) is 31.5 Å². The SMILES string of the molecule is COc1ccc(N=Cc2cccc(OC)c2O[C@@H](C)C(=O)O)cc1. The van der Waals surface area contributed by atoms with E-state index in [9.17, 15) is 4.79 Å². The number of nitrogens with zero attached hydrogens (tertiary/aromatic N) is 1. The maximum Gasteiger partial charge on any atom is 0.344 e. The van der Waals surface area contributed by atoms with E-state index in [0.29, 0.717) is 17.1 Å². The van der Waals surface area contributed by atoms with Crippen LogP contribution in [0, 0.1) is 0 Å². The molecule has 24 heavy (non-hydrogen) atoms. The Labute approximate surface area is 140 Å². The maximum absolute atomic E-state index is 11.0. The Balaban J connectivity index is 2.30. The molecule has 6 nitrogen and oxygen atoms in total. The molecule has 0 fully saturated rings. The summed E-state index contributed by atoms with van der Waals surface area (Å²) in [5.41, 5.74) is 1.36. The fourth-order valence-corrected chi connectivity index (χ4v) is 1.96. The van der Waals surface area contributed by atoms with Crippen molar-refractivity contribution in [1.82, 2.24) is 0 Å². The lowest BCUT2D eigenvalue weighted by atomic mass is 10.2. The topological polar surface area (TPSA) is 77.3 Å². The van der Waals surface area contributed by atoms with E-state index in [1.165, 1.54) is 14.0 Å². The first-order valence-corrected chi connectivity index (χ1v) is 7.29. The molecule has 0 aliphatic rings. The molecular formula is C18H19NO5. The first-order valence-electron chi connectivity index (χ1n) is 7.29. The summed E-state index contributed by atoms with van der Waals surface area (Å²) in [5, 5.41) is 9.04. The lowest BCUT2D eigenvalue weighted by molar-refractivity contribution is -0.144.